The monoisotopic (exact) mass is 277 g/mol. The van der Waals surface area contributed by atoms with Crippen molar-refractivity contribution in [3.63, 3.8) is 0 Å². The number of rotatable bonds is 5. The number of nitrogens with zero attached hydrogens (tertiary/aromatic N) is 2. The molecule has 0 aliphatic heterocycles. The van der Waals surface area contributed by atoms with Gasteiger partial charge in [-0.2, -0.15) is 0 Å². The molecule has 3 nitrogen and oxygen atoms in total. The van der Waals surface area contributed by atoms with Crippen LogP contribution in [0.1, 0.15) is 31.0 Å². The molecule has 1 unspecified atom stereocenters. The third-order valence-corrected chi connectivity index (χ3v) is 3.70. The highest BCUT2D eigenvalue weighted by Crippen LogP contribution is 2.23. The van der Waals surface area contributed by atoms with Crippen LogP contribution >= 0.6 is 11.6 Å². The fraction of sp³-hybridized carbons (Fsp3) is 0.400. The molecule has 0 aliphatic rings. The van der Waals surface area contributed by atoms with Gasteiger partial charge in [-0.15, -0.1) is 0 Å². The molecule has 0 saturated heterocycles. The van der Waals surface area contributed by atoms with E-state index in [1.807, 2.05) is 36.8 Å². The molecule has 19 heavy (non-hydrogen) atoms. The van der Waals surface area contributed by atoms with Gasteiger partial charge in [0.2, 0.25) is 0 Å². The minimum Gasteiger partial charge on any atom is -0.330 e. The van der Waals surface area contributed by atoms with Crippen molar-refractivity contribution in [1.29, 1.82) is 0 Å². The van der Waals surface area contributed by atoms with Gasteiger partial charge in [-0.1, -0.05) is 37.6 Å². The first-order valence-electron chi connectivity index (χ1n) is 6.56. The minimum atomic E-state index is 0.342. The maximum absolute atomic E-state index is 5.90. The summed E-state index contributed by atoms with van der Waals surface area (Å²) < 4.78 is 2.17. The molecule has 2 rings (SSSR count). The summed E-state index contributed by atoms with van der Waals surface area (Å²) in [6.07, 6.45) is 3.79. The molecule has 1 aromatic carbocycles. The fourth-order valence-electron chi connectivity index (χ4n) is 2.29. The summed E-state index contributed by atoms with van der Waals surface area (Å²) in [5.41, 5.74) is 8.30. The lowest BCUT2D eigenvalue weighted by molar-refractivity contribution is 0.478. The van der Waals surface area contributed by atoms with Gasteiger partial charge in [0.05, 0.1) is 6.33 Å². The Morgan fingerprint density at radius 3 is 2.53 bits per heavy atom. The largest absolute Gasteiger partial charge is 0.330 e. The number of nitrogens with two attached hydrogens (primary N) is 1. The lowest BCUT2D eigenvalue weighted by atomic mass is 9.93. The molecule has 0 radical (unpaired) electrons. The third-order valence-electron chi connectivity index (χ3n) is 3.45. The van der Waals surface area contributed by atoms with Crippen LogP contribution in [0.4, 0.5) is 0 Å². The number of halogens is 1. The molecule has 4 heteroatoms. The van der Waals surface area contributed by atoms with Gasteiger partial charge < -0.3 is 10.3 Å². The Hall–Kier alpha value is -1.32. The van der Waals surface area contributed by atoms with Crippen LogP contribution in [-0.4, -0.2) is 16.1 Å². The molecule has 1 atom stereocenters. The van der Waals surface area contributed by atoms with Gasteiger partial charge in [0, 0.05) is 35.9 Å². The second-order valence-corrected chi connectivity index (χ2v) is 5.60. The quantitative estimate of drug-likeness (QED) is 0.911. The Morgan fingerprint density at radius 1 is 1.26 bits per heavy atom. The maximum Gasteiger partial charge on any atom is 0.0951 e. The van der Waals surface area contributed by atoms with Crippen molar-refractivity contribution in [2.45, 2.75) is 26.3 Å². The van der Waals surface area contributed by atoms with Crippen molar-refractivity contribution in [3.8, 4) is 0 Å². The molecule has 0 aliphatic carbocycles. The van der Waals surface area contributed by atoms with Crippen LogP contribution in [0.15, 0.2) is 36.8 Å². The number of hydrogen-bond donors (Lipinski definition) is 1. The zero-order valence-corrected chi connectivity index (χ0v) is 12.1. The second kappa shape index (κ2) is 6.22. The summed E-state index contributed by atoms with van der Waals surface area (Å²) in [6, 6.07) is 7.91. The Morgan fingerprint density at radius 2 is 1.95 bits per heavy atom. The first-order chi connectivity index (χ1) is 9.11. The predicted molar refractivity (Wildman–Crippen MR) is 79.4 cm³/mol. The van der Waals surface area contributed by atoms with Crippen molar-refractivity contribution in [1.82, 2.24) is 9.55 Å². The average molecular weight is 278 g/mol. The summed E-state index contributed by atoms with van der Waals surface area (Å²) in [5, 5.41) is 0.761. The van der Waals surface area contributed by atoms with Crippen LogP contribution in [0.25, 0.3) is 0 Å². The second-order valence-electron chi connectivity index (χ2n) is 5.16. The van der Waals surface area contributed by atoms with Crippen LogP contribution in [0.2, 0.25) is 5.02 Å². The smallest absolute Gasteiger partial charge is 0.0951 e. The van der Waals surface area contributed by atoms with E-state index in [0.717, 1.165) is 11.6 Å². The van der Waals surface area contributed by atoms with Gasteiger partial charge in [0.15, 0.2) is 0 Å². The standard InChI is InChI=1S/C15H20ClN3/c1-11(2)14(7-17)15-8-18-10-19(15)9-12-3-5-13(16)6-4-12/h3-6,8,10-11,14H,7,9,17H2,1-2H3. The average Bonchev–Trinajstić information content (AvgIpc) is 2.81. The summed E-state index contributed by atoms with van der Waals surface area (Å²) in [6.45, 7) is 5.83. The van der Waals surface area contributed by atoms with Crippen LogP contribution in [0.3, 0.4) is 0 Å². The number of imidazole rings is 1. The highest BCUT2D eigenvalue weighted by molar-refractivity contribution is 6.30. The van der Waals surface area contributed by atoms with E-state index >= 15 is 0 Å². The van der Waals surface area contributed by atoms with E-state index in [4.69, 9.17) is 17.3 Å². The summed E-state index contributed by atoms with van der Waals surface area (Å²) in [4.78, 5) is 4.27. The Balaban J connectivity index is 2.22. The van der Waals surface area contributed by atoms with E-state index < -0.39 is 0 Å². The van der Waals surface area contributed by atoms with E-state index in [1.165, 1.54) is 11.3 Å². The Bertz CT molecular complexity index is 516. The van der Waals surface area contributed by atoms with Gasteiger partial charge >= 0.3 is 0 Å². The molecular weight excluding hydrogens is 258 g/mol. The van der Waals surface area contributed by atoms with Crippen LogP contribution in [0.5, 0.6) is 0 Å². The fourth-order valence-corrected chi connectivity index (χ4v) is 2.42. The lowest BCUT2D eigenvalue weighted by Gasteiger charge is -2.20. The number of hydrogen-bond acceptors (Lipinski definition) is 2. The van der Waals surface area contributed by atoms with Crippen molar-refractivity contribution >= 4 is 11.6 Å². The molecule has 1 heterocycles. The number of aromatic nitrogens is 2. The molecule has 0 amide bonds. The molecule has 0 saturated carbocycles. The SMILES string of the molecule is CC(C)C(CN)c1cncn1Cc1ccc(Cl)cc1. The third kappa shape index (κ3) is 3.37. The zero-order valence-electron chi connectivity index (χ0n) is 11.4. The summed E-state index contributed by atoms with van der Waals surface area (Å²) in [5.74, 6) is 0.848. The van der Waals surface area contributed by atoms with Gasteiger partial charge in [-0.05, 0) is 23.6 Å². The van der Waals surface area contributed by atoms with E-state index in [-0.39, 0.29) is 0 Å². The van der Waals surface area contributed by atoms with E-state index in [2.05, 4.69) is 23.4 Å². The van der Waals surface area contributed by atoms with Crippen LogP contribution < -0.4 is 5.73 Å². The zero-order chi connectivity index (χ0) is 13.8. The van der Waals surface area contributed by atoms with Crippen LogP contribution in [-0.2, 0) is 6.54 Å². The van der Waals surface area contributed by atoms with Crippen LogP contribution in [0, 0.1) is 5.92 Å². The van der Waals surface area contributed by atoms with Gasteiger partial charge in [-0.25, -0.2) is 4.98 Å². The topological polar surface area (TPSA) is 43.8 Å². The minimum absolute atomic E-state index is 0.342. The summed E-state index contributed by atoms with van der Waals surface area (Å²) in [7, 11) is 0. The maximum atomic E-state index is 5.90. The van der Waals surface area contributed by atoms with Crippen molar-refractivity contribution in [3.05, 3.63) is 53.1 Å². The number of benzene rings is 1. The Kier molecular flexibility index (Phi) is 4.61. The molecular formula is C15H20ClN3. The molecule has 2 N–H and O–H groups in total. The van der Waals surface area contributed by atoms with Crippen molar-refractivity contribution in [2.24, 2.45) is 11.7 Å². The first kappa shape index (κ1) is 14.1. The normalized spacial score (nSPS) is 12.9. The van der Waals surface area contributed by atoms with E-state index in [0.29, 0.717) is 18.4 Å². The molecule has 2 aromatic rings. The van der Waals surface area contributed by atoms with E-state index in [1.54, 1.807) is 0 Å². The van der Waals surface area contributed by atoms with Gasteiger partial charge in [0.1, 0.15) is 0 Å². The molecule has 1 aromatic heterocycles. The van der Waals surface area contributed by atoms with E-state index in [9.17, 15) is 0 Å². The molecule has 0 spiro atoms. The first-order valence-corrected chi connectivity index (χ1v) is 6.94. The van der Waals surface area contributed by atoms with Crippen molar-refractivity contribution in [2.75, 3.05) is 6.54 Å². The predicted octanol–water partition coefficient (Wildman–Crippen LogP) is 3.28. The molecule has 0 bridgehead atoms. The molecule has 102 valence electrons. The Labute approximate surface area is 119 Å². The van der Waals surface area contributed by atoms with Gasteiger partial charge in [0.25, 0.3) is 0 Å². The lowest BCUT2D eigenvalue weighted by Crippen LogP contribution is -2.21. The molecule has 0 fully saturated rings. The van der Waals surface area contributed by atoms with Gasteiger partial charge in [-0.3, -0.25) is 0 Å². The van der Waals surface area contributed by atoms with Crippen molar-refractivity contribution < 1.29 is 0 Å². The summed E-state index contributed by atoms with van der Waals surface area (Å²) >= 11 is 5.90. The highest BCUT2D eigenvalue weighted by Gasteiger charge is 2.18. The highest BCUT2D eigenvalue weighted by atomic mass is 35.5.